The minimum atomic E-state index is -3.86. The monoisotopic (exact) mass is 490 g/mol. The third-order valence-electron chi connectivity index (χ3n) is 24.0. The van der Waals surface area contributed by atoms with Crippen molar-refractivity contribution in [2.24, 2.45) is 0 Å². The molecule has 0 aliphatic carbocycles. The second-order valence-electron chi connectivity index (χ2n) is 16.5. The first-order valence-electron chi connectivity index (χ1n) is 11.2. The first-order valence-corrected chi connectivity index (χ1v) is 31.4. The summed E-state index contributed by atoms with van der Waals surface area (Å²) in [6.07, 6.45) is 3.07. The van der Waals surface area contributed by atoms with Crippen LogP contribution in [0.5, 0.6) is 0 Å². The summed E-state index contributed by atoms with van der Waals surface area (Å²) in [5.74, 6) is 0. The Bertz CT molecular complexity index is 1360. The molecule has 10 aliphatic rings. The normalized spacial score (nSPS) is 87.5. The predicted molar refractivity (Wildman–Crippen MR) is 95.7 cm³/mol. The summed E-state index contributed by atoms with van der Waals surface area (Å²) in [5.41, 5.74) is 3.41. The van der Waals surface area contributed by atoms with E-state index in [4.69, 9.17) is 0 Å². The van der Waals surface area contributed by atoms with Gasteiger partial charge in [0.25, 0.3) is 0 Å². The molecular weight excluding hydrogens is 467 g/mol. The van der Waals surface area contributed by atoms with E-state index in [2.05, 4.69) is 60.7 Å². The molecule has 10 fully saturated rings. The Morgan fingerprint density at radius 3 is 1.28 bits per heavy atom. The molecular formula is C24H22Hf. The van der Waals surface area contributed by atoms with Gasteiger partial charge in [0.15, 0.2) is 0 Å². The van der Waals surface area contributed by atoms with E-state index in [1.165, 1.54) is 42.2 Å². The molecule has 1 heteroatoms. The quantitative estimate of drug-likeness (QED) is 0.425. The molecule has 0 N–H and O–H groups in total. The average Bonchev–Trinajstić information content (AvgIpc) is 3.60. The molecule has 10 saturated heterocycles. The van der Waals surface area contributed by atoms with Gasteiger partial charge in [-0.25, -0.2) is 0 Å². The van der Waals surface area contributed by atoms with Crippen molar-refractivity contribution in [3.63, 3.8) is 0 Å². The molecule has 0 bridgehead atoms. The Balaban J connectivity index is 1.24. The maximum absolute atomic E-state index is 3.86. The molecule has 2 aromatic rings. The first kappa shape index (κ1) is 10.6. The topological polar surface area (TPSA) is 0 Å². The number of rotatable bonds is 4. The van der Waals surface area contributed by atoms with Crippen molar-refractivity contribution >= 4 is 0 Å². The second-order valence-corrected chi connectivity index (χ2v) is 92.8. The standard InChI is InChI=1S/C19H17.C5H5.Hf/c1-3-8-16(9-4-1)14-18-12-7-13-19(18)15-17-10-5-2-6-11-17;1-2-4-5-3-1;/h1-13H,14-15H2;1-5H;. The Kier molecular flexibility index (Phi) is 0.509. The number of fused-ring (bicyclic) bond motifs is 10. The fraction of sp³-hybridized carbons (Fsp3) is 0.500. The van der Waals surface area contributed by atoms with Crippen LogP contribution < -0.4 is 0 Å². The first-order chi connectivity index (χ1) is 12.1. The number of hydrogen-bond acceptors (Lipinski definition) is 0. The van der Waals surface area contributed by atoms with Gasteiger partial charge in [-0.05, 0) is 0 Å². The van der Waals surface area contributed by atoms with Crippen LogP contribution in [-0.2, 0) is 24.0 Å². The molecule has 0 amide bonds. The van der Waals surface area contributed by atoms with E-state index >= 15 is 0 Å². The van der Waals surface area contributed by atoms with E-state index in [9.17, 15) is 0 Å². The number of hydrogen-bond donors (Lipinski definition) is 0. The molecule has 0 aromatic heterocycles. The van der Waals surface area contributed by atoms with Gasteiger partial charge in [0.1, 0.15) is 0 Å². The van der Waals surface area contributed by atoms with Gasteiger partial charge >= 0.3 is 132 Å². The molecule has 0 saturated carbocycles. The molecule has 12 rings (SSSR count). The van der Waals surface area contributed by atoms with Crippen LogP contribution >= 0.6 is 0 Å². The minimum absolute atomic E-state index is 0.987. The molecule has 122 valence electrons. The van der Waals surface area contributed by atoms with Crippen LogP contribution in [0.3, 0.4) is 0 Å². The molecule has 4 unspecified atom stereocenters. The fourth-order valence-electron chi connectivity index (χ4n) is 28.6. The van der Waals surface area contributed by atoms with Gasteiger partial charge in [-0.1, -0.05) is 0 Å². The molecule has 1 spiro atoms. The van der Waals surface area contributed by atoms with Crippen molar-refractivity contribution in [2.45, 2.75) is 48.6 Å². The molecule has 0 radical (unpaired) electrons. The zero-order valence-electron chi connectivity index (χ0n) is 14.3. The van der Waals surface area contributed by atoms with Crippen molar-refractivity contribution in [2.75, 3.05) is 0 Å². The second kappa shape index (κ2) is 1.20. The molecule has 2 aromatic carbocycles. The van der Waals surface area contributed by atoms with E-state index in [-0.39, 0.29) is 0 Å². The number of benzene rings is 2. The summed E-state index contributed by atoms with van der Waals surface area (Å²) < 4.78 is 13.5. The van der Waals surface area contributed by atoms with Gasteiger partial charge in [-0.3, -0.25) is 0 Å². The van der Waals surface area contributed by atoms with Gasteiger partial charge in [0.2, 0.25) is 0 Å². The Morgan fingerprint density at radius 2 is 0.960 bits per heavy atom. The van der Waals surface area contributed by atoms with Crippen LogP contribution in [0, 0.1) is 0 Å². The molecule has 10 heterocycles. The van der Waals surface area contributed by atoms with E-state index in [0.717, 1.165) is 6.34 Å². The van der Waals surface area contributed by atoms with Crippen LogP contribution in [0.15, 0.2) is 60.7 Å². The summed E-state index contributed by atoms with van der Waals surface area (Å²) >= 11 is -3.86. The van der Waals surface area contributed by atoms with Crippen molar-refractivity contribution in [1.82, 2.24) is 0 Å². The Morgan fingerprint density at radius 1 is 0.560 bits per heavy atom. The molecule has 25 heavy (non-hydrogen) atoms. The van der Waals surface area contributed by atoms with Crippen LogP contribution in [0.25, 0.3) is 0 Å². The molecule has 0 nitrogen and oxygen atoms in total. The van der Waals surface area contributed by atoms with Crippen LogP contribution in [0.1, 0.15) is 11.1 Å². The third-order valence-corrected chi connectivity index (χ3v) is 167. The van der Waals surface area contributed by atoms with Crippen molar-refractivity contribution in [3.8, 4) is 0 Å². The van der Waals surface area contributed by atoms with Gasteiger partial charge in [0, 0.05) is 0 Å². The van der Waals surface area contributed by atoms with E-state index in [1.54, 1.807) is 11.1 Å². The average molecular weight is 489 g/mol. The van der Waals surface area contributed by atoms with Crippen molar-refractivity contribution in [3.05, 3.63) is 71.8 Å². The summed E-state index contributed by atoms with van der Waals surface area (Å²) in [6, 6.07) is 23.5. The maximum atomic E-state index is 2.47. The van der Waals surface area contributed by atoms with Crippen LogP contribution in [0.2, 0.25) is 35.7 Å². The van der Waals surface area contributed by atoms with E-state index in [0.29, 0.717) is 0 Å². The third kappa shape index (κ3) is 0.166. The van der Waals surface area contributed by atoms with Gasteiger partial charge in [-0.2, -0.15) is 0 Å². The summed E-state index contributed by atoms with van der Waals surface area (Å²) in [7, 11) is 0. The van der Waals surface area contributed by atoms with Crippen LogP contribution in [0.4, 0.5) is 0 Å². The van der Waals surface area contributed by atoms with Crippen molar-refractivity contribution < 1.29 is 11.2 Å². The van der Waals surface area contributed by atoms with Crippen LogP contribution in [-0.4, -0.2) is 0 Å². The summed E-state index contributed by atoms with van der Waals surface area (Å²) in [5, 5.41) is 0. The Labute approximate surface area is 131 Å². The van der Waals surface area contributed by atoms with Gasteiger partial charge < -0.3 is 0 Å². The SMILES string of the molecule is c1ccc(C[C]23[CH]4[CH]5[CH]6[C]2(Cc2ccccc2)[Hf]54632789[CH]3[CH]2[CH]7[CH]8[CH]39)cc1. The Hall–Kier alpha value is -0.690. The summed E-state index contributed by atoms with van der Waals surface area (Å²) in [4.78, 5) is 0. The molecule has 4 atom stereocenters. The van der Waals surface area contributed by atoms with Crippen molar-refractivity contribution in [1.29, 1.82) is 0 Å². The fourth-order valence-corrected chi connectivity index (χ4v) is 422. The van der Waals surface area contributed by atoms with E-state index < -0.39 is 11.2 Å². The predicted octanol–water partition coefficient (Wildman–Crippen LogP) is 6.60. The van der Waals surface area contributed by atoms with E-state index in [1.807, 2.05) is 0 Å². The van der Waals surface area contributed by atoms with Gasteiger partial charge in [-0.15, -0.1) is 0 Å². The summed E-state index contributed by atoms with van der Waals surface area (Å²) in [6.45, 7) is 0. The molecule has 10 aliphatic heterocycles. The zero-order valence-corrected chi connectivity index (χ0v) is 17.9. The van der Waals surface area contributed by atoms with Gasteiger partial charge in [0.05, 0.1) is 0 Å². The zero-order chi connectivity index (χ0) is 15.6.